The smallest absolute Gasteiger partial charge is 0.288 e. The van der Waals surface area contributed by atoms with Crippen LogP contribution in [-0.4, -0.2) is 32.2 Å². The second-order valence-corrected chi connectivity index (χ2v) is 7.40. The molecule has 3 aromatic heterocycles. The number of carbonyl (C=O) groups is 1. The minimum Gasteiger partial charge on any atom is -0.493 e. The van der Waals surface area contributed by atoms with Gasteiger partial charge in [0.05, 0.1) is 12.2 Å². The zero-order valence-corrected chi connectivity index (χ0v) is 17.1. The maximum Gasteiger partial charge on any atom is 0.288 e. The molecule has 0 fully saturated rings. The number of imidazole rings is 1. The highest BCUT2D eigenvalue weighted by atomic mass is 19.1. The first-order valence-corrected chi connectivity index (χ1v) is 9.93. The highest BCUT2D eigenvalue weighted by Gasteiger charge is 2.21. The van der Waals surface area contributed by atoms with Gasteiger partial charge >= 0.3 is 0 Å². The Bertz CT molecular complexity index is 1420. The molecule has 32 heavy (non-hydrogen) atoms. The summed E-state index contributed by atoms with van der Waals surface area (Å²) < 4.78 is 21.7. The summed E-state index contributed by atoms with van der Waals surface area (Å²) in [7, 11) is 0. The van der Waals surface area contributed by atoms with Gasteiger partial charge in [0, 0.05) is 48.2 Å². The van der Waals surface area contributed by atoms with E-state index in [0.29, 0.717) is 53.5 Å². The zero-order chi connectivity index (χ0) is 22.2. The summed E-state index contributed by atoms with van der Waals surface area (Å²) in [6.45, 7) is 9.97. The lowest BCUT2D eigenvalue weighted by atomic mass is 10.0. The van der Waals surface area contributed by atoms with Gasteiger partial charge in [-0.15, -0.1) is 0 Å². The van der Waals surface area contributed by atoms with E-state index in [9.17, 15) is 9.18 Å². The molecule has 0 spiro atoms. The van der Waals surface area contributed by atoms with Crippen molar-refractivity contribution in [2.75, 3.05) is 11.9 Å². The topological polar surface area (TPSA) is 85.8 Å². The van der Waals surface area contributed by atoms with Crippen LogP contribution < -0.4 is 10.1 Å². The number of benzene rings is 1. The molecule has 9 heteroatoms. The van der Waals surface area contributed by atoms with Crippen molar-refractivity contribution in [2.45, 2.75) is 19.9 Å². The van der Waals surface area contributed by atoms with Crippen LogP contribution in [-0.2, 0) is 13.0 Å². The molecule has 0 saturated heterocycles. The van der Waals surface area contributed by atoms with Gasteiger partial charge in [0.15, 0.2) is 6.29 Å². The summed E-state index contributed by atoms with van der Waals surface area (Å²) in [5.41, 5.74) is 4.50. The van der Waals surface area contributed by atoms with E-state index in [1.807, 2.05) is 6.92 Å². The Hall–Kier alpha value is -4.32. The van der Waals surface area contributed by atoms with Crippen LogP contribution in [0.15, 0.2) is 36.8 Å². The number of hydrogen-bond acceptors (Lipinski definition) is 6. The Balaban J connectivity index is 1.56. The van der Waals surface area contributed by atoms with Crippen molar-refractivity contribution in [1.29, 1.82) is 0 Å². The molecule has 0 radical (unpaired) electrons. The van der Waals surface area contributed by atoms with Crippen LogP contribution in [0.1, 0.15) is 27.2 Å². The molecule has 1 aliphatic heterocycles. The van der Waals surface area contributed by atoms with E-state index in [0.717, 1.165) is 16.7 Å². The van der Waals surface area contributed by atoms with Crippen molar-refractivity contribution < 1.29 is 13.9 Å². The Morgan fingerprint density at radius 1 is 1.31 bits per heavy atom. The van der Waals surface area contributed by atoms with Crippen LogP contribution in [0.25, 0.3) is 21.6 Å². The van der Waals surface area contributed by atoms with Crippen molar-refractivity contribution in [3.63, 3.8) is 0 Å². The molecule has 1 N–H and O–H groups in total. The van der Waals surface area contributed by atoms with Crippen LogP contribution in [0.2, 0.25) is 0 Å². The van der Waals surface area contributed by atoms with Crippen molar-refractivity contribution in [2.24, 2.45) is 0 Å². The Morgan fingerprint density at radius 3 is 2.94 bits per heavy atom. The fourth-order valence-electron chi connectivity index (χ4n) is 3.94. The molecular formula is C23H17FN6O2. The molecule has 0 unspecified atom stereocenters. The maximum absolute atomic E-state index is 14.5. The first kappa shape index (κ1) is 19.6. The van der Waals surface area contributed by atoms with Crippen molar-refractivity contribution in [3.8, 4) is 16.9 Å². The lowest BCUT2D eigenvalue weighted by Crippen LogP contribution is -2.10. The molecule has 158 valence electrons. The van der Waals surface area contributed by atoms with E-state index in [4.69, 9.17) is 11.3 Å². The number of nitrogens with one attached hydrogen (secondary N) is 1. The van der Waals surface area contributed by atoms with Gasteiger partial charge in [-0.1, -0.05) is 11.6 Å². The van der Waals surface area contributed by atoms with Crippen LogP contribution in [0.5, 0.6) is 5.75 Å². The van der Waals surface area contributed by atoms with Gasteiger partial charge in [0.25, 0.3) is 5.82 Å². The third-order valence-corrected chi connectivity index (χ3v) is 5.50. The number of anilines is 1. The number of aldehydes is 1. The monoisotopic (exact) mass is 428 g/mol. The van der Waals surface area contributed by atoms with E-state index in [-0.39, 0.29) is 18.2 Å². The molecule has 4 aromatic rings. The predicted molar refractivity (Wildman–Crippen MR) is 116 cm³/mol. The number of carbonyl (C=O) groups excluding carboxylic acids is 1. The second kappa shape index (κ2) is 7.74. The average Bonchev–Trinajstić information content (AvgIpc) is 3.46. The lowest BCUT2D eigenvalue weighted by Gasteiger charge is -2.13. The number of aromatic nitrogens is 4. The van der Waals surface area contributed by atoms with Crippen LogP contribution in [0.4, 0.5) is 16.2 Å². The highest BCUT2D eigenvalue weighted by Crippen LogP contribution is 2.32. The summed E-state index contributed by atoms with van der Waals surface area (Å²) in [5, 5.41) is 3.17. The number of rotatable bonds is 5. The second-order valence-electron chi connectivity index (χ2n) is 7.40. The molecule has 0 bridgehead atoms. The van der Waals surface area contributed by atoms with E-state index in [1.165, 1.54) is 6.07 Å². The van der Waals surface area contributed by atoms with E-state index >= 15 is 0 Å². The van der Waals surface area contributed by atoms with Gasteiger partial charge in [-0.25, -0.2) is 9.37 Å². The number of nitrogens with zero attached hydrogens (tertiary/aromatic N) is 5. The van der Waals surface area contributed by atoms with Gasteiger partial charge < -0.3 is 14.9 Å². The van der Waals surface area contributed by atoms with Crippen molar-refractivity contribution in [1.82, 2.24) is 19.4 Å². The average molecular weight is 428 g/mol. The van der Waals surface area contributed by atoms with Gasteiger partial charge in [-0.2, -0.15) is 0 Å². The minimum absolute atomic E-state index is 0.206. The fraction of sp³-hybridized carbons (Fsp3) is 0.174. The summed E-state index contributed by atoms with van der Waals surface area (Å²) in [5.74, 6) is 1.03. The number of ether oxygens (including phenoxy) is 1. The molecule has 4 heterocycles. The standard InChI is InChI=1S/C23H17FN6O2/c1-13-7-14(12-31)26-8-16(13)18-10-28-23(30-11-21(25-2)29-22(18)30)27-9-17-15-5-6-32-20(15)4-3-19(17)24/h3-4,7-8,10-12H,5-6,9H2,1H3,(H,27,28). The Morgan fingerprint density at radius 2 is 2.16 bits per heavy atom. The normalized spacial score (nSPS) is 12.3. The number of hydrogen-bond donors (Lipinski definition) is 1. The van der Waals surface area contributed by atoms with E-state index in [2.05, 4.69) is 25.1 Å². The van der Waals surface area contributed by atoms with Crippen LogP contribution in [0, 0.1) is 19.3 Å². The van der Waals surface area contributed by atoms with Gasteiger partial charge in [0.1, 0.15) is 17.3 Å². The molecule has 1 aliphatic rings. The van der Waals surface area contributed by atoms with Crippen LogP contribution in [0.3, 0.4) is 0 Å². The first-order chi connectivity index (χ1) is 15.6. The third kappa shape index (κ3) is 3.22. The molecule has 0 atom stereocenters. The number of halogens is 1. The fourth-order valence-corrected chi connectivity index (χ4v) is 3.94. The quantitative estimate of drug-likeness (QED) is 0.380. The molecule has 0 saturated carbocycles. The molecule has 0 aliphatic carbocycles. The van der Waals surface area contributed by atoms with E-state index < -0.39 is 0 Å². The Labute approximate surface area is 182 Å². The molecular weight excluding hydrogens is 411 g/mol. The summed E-state index contributed by atoms with van der Waals surface area (Å²) in [6.07, 6.45) is 6.16. The Kier molecular flexibility index (Phi) is 4.75. The molecule has 8 nitrogen and oxygen atoms in total. The zero-order valence-electron chi connectivity index (χ0n) is 17.1. The van der Waals surface area contributed by atoms with Gasteiger partial charge in [0.2, 0.25) is 11.6 Å². The third-order valence-electron chi connectivity index (χ3n) is 5.50. The van der Waals surface area contributed by atoms with Crippen LogP contribution >= 0.6 is 0 Å². The van der Waals surface area contributed by atoms with Crippen molar-refractivity contribution >= 4 is 23.7 Å². The number of fused-ring (bicyclic) bond motifs is 2. The molecule has 1 aromatic carbocycles. The van der Waals surface area contributed by atoms with Crippen molar-refractivity contribution in [3.05, 3.63) is 76.4 Å². The highest BCUT2D eigenvalue weighted by molar-refractivity contribution is 5.82. The first-order valence-electron chi connectivity index (χ1n) is 9.93. The number of aryl methyl sites for hydroxylation is 1. The SMILES string of the molecule is [C-]#[N+]c1cn2c(NCc3c(F)ccc4c3CCO4)ncc(-c3cnc(C=O)cc3C)c2n1. The summed E-state index contributed by atoms with van der Waals surface area (Å²) >= 11 is 0. The van der Waals surface area contributed by atoms with Gasteiger partial charge in [-0.05, 0) is 30.7 Å². The lowest BCUT2D eigenvalue weighted by molar-refractivity contribution is 0.111. The van der Waals surface area contributed by atoms with Gasteiger partial charge in [-0.3, -0.25) is 14.2 Å². The molecule has 0 amide bonds. The summed E-state index contributed by atoms with van der Waals surface area (Å²) in [6, 6.07) is 4.74. The van der Waals surface area contributed by atoms with E-state index in [1.54, 1.807) is 35.1 Å². The summed E-state index contributed by atoms with van der Waals surface area (Å²) in [4.78, 5) is 27.5. The largest absolute Gasteiger partial charge is 0.493 e. The maximum atomic E-state index is 14.5. The number of pyridine rings is 1. The predicted octanol–water partition coefficient (Wildman–Crippen LogP) is 4.15. The minimum atomic E-state index is -0.306. The molecule has 5 rings (SSSR count).